The molecule has 1 unspecified atom stereocenters. The van der Waals surface area contributed by atoms with Gasteiger partial charge in [0.2, 0.25) is 0 Å². The van der Waals surface area contributed by atoms with Crippen LogP contribution in [-0.4, -0.2) is 21.6 Å². The number of carbonyl (C=O) groups is 1. The number of nitrogens with one attached hydrogen (secondary N) is 2. The fourth-order valence-corrected chi connectivity index (χ4v) is 2.45. The highest BCUT2D eigenvalue weighted by Gasteiger charge is 2.06. The number of carboxylic acid groups (broad SMARTS) is 1. The Morgan fingerprint density at radius 1 is 1.30 bits per heavy atom. The Labute approximate surface area is 120 Å². The van der Waals surface area contributed by atoms with Crippen LogP contribution in [0.2, 0.25) is 0 Å². The van der Waals surface area contributed by atoms with Crippen molar-refractivity contribution in [2.75, 3.05) is 0 Å². The molecule has 20 heavy (non-hydrogen) atoms. The molecule has 1 aliphatic rings. The van der Waals surface area contributed by atoms with E-state index in [9.17, 15) is 4.79 Å². The Bertz CT molecular complexity index is 762. The maximum atomic E-state index is 10.8. The topological polar surface area (TPSA) is 65.1 Å². The second kappa shape index (κ2) is 5.06. The third kappa shape index (κ3) is 2.56. The average molecular weight is 289 g/mol. The van der Waals surface area contributed by atoms with Gasteiger partial charge in [-0.05, 0) is 29.8 Å². The predicted octanol–water partition coefficient (Wildman–Crippen LogP) is 0.990. The summed E-state index contributed by atoms with van der Waals surface area (Å²) in [5, 5.41) is 14.0. The molecule has 2 aromatic rings. The van der Waals surface area contributed by atoms with Crippen molar-refractivity contribution in [1.29, 1.82) is 0 Å². The molecule has 3 N–H and O–H groups in total. The van der Waals surface area contributed by atoms with E-state index in [1.807, 2.05) is 24.4 Å². The molecule has 5 heteroatoms. The molecule has 2 heterocycles. The highest BCUT2D eigenvalue weighted by atomic mass is 35.5. The molecule has 0 saturated heterocycles. The molecule has 0 aliphatic carbocycles. The third-order valence-electron chi connectivity index (χ3n) is 3.24. The first-order valence-electron chi connectivity index (χ1n) is 6.24. The lowest BCUT2D eigenvalue weighted by molar-refractivity contribution is 0.0697. The minimum Gasteiger partial charge on any atom is -0.478 e. The lowest BCUT2D eigenvalue weighted by Crippen LogP contribution is -2.34. The molecule has 4 nitrogen and oxygen atoms in total. The number of aromatic amines is 1. The molecular formula is C15H13ClN2O2. The molecule has 0 saturated carbocycles. The van der Waals surface area contributed by atoms with Crippen LogP contribution < -0.4 is 15.9 Å². The van der Waals surface area contributed by atoms with E-state index in [-0.39, 0.29) is 5.50 Å². The number of hydrogen-bond donors (Lipinski definition) is 3. The van der Waals surface area contributed by atoms with Crippen molar-refractivity contribution >= 4 is 29.8 Å². The number of hydrogen-bond acceptors (Lipinski definition) is 2. The van der Waals surface area contributed by atoms with E-state index in [0.29, 0.717) is 5.56 Å². The first-order chi connectivity index (χ1) is 9.61. The molecule has 0 amide bonds. The number of aromatic carboxylic acids is 1. The second-order valence-electron chi connectivity index (χ2n) is 4.72. The highest BCUT2D eigenvalue weighted by Crippen LogP contribution is 2.08. The summed E-state index contributed by atoms with van der Waals surface area (Å²) in [5.41, 5.74) is 2.25. The lowest BCUT2D eigenvalue weighted by Gasteiger charge is -2.05. The number of H-pyrrole nitrogens is 1. The van der Waals surface area contributed by atoms with Crippen molar-refractivity contribution in [3.05, 3.63) is 57.7 Å². The molecule has 0 spiro atoms. The quantitative estimate of drug-likeness (QED) is 0.583. The Morgan fingerprint density at radius 2 is 2.05 bits per heavy atom. The molecular weight excluding hydrogens is 276 g/mol. The molecule has 1 aromatic heterocycles. The lowest BCUT2D eigenvalue weighted by atomic mass is 10.1. The maximum absolute atomic E-state index is 10.8. The minimum atomic E-state index is -0.907. The third-order valence-corrected chi connectivity index (χ3v) is 3.50. The van der Waals surface area contributed by atoms with Gasteiger partial charge in [0.1, 0.15) is 5.50 Å². The molecule has 0 bridgehead atoms. The van der Waals surface area contributed by atoms with Gasteiger partial charge in [-0.3, -0.25) is 0 Å². The van der Waals surface area contributed by atoms with Crippen LogP contribution in [0.1, 0.15) is 21.6 Å². The summed E-state index contributed by atoms with van der Waals surface area (Å²) >= 11 is 5.99. The summed E-state index contributed by atoms with van der Waals surface area (Å²) in [6.07, 6.45) is 4.54. The predicted molar refractivity (Wildman–Crippen MR) is 78.0 cm³/mol. The first-order valence-corrected chi connectivity index (χ1v) is 6.68. The normalized spacial score (nSPS) is 16.6. The van der Waals surface area contributed by atoms with Gasteiger partial charge in [0.05, 0.1) is 10.9 Å². The van der Waals surface area contributed by atoms with Crippen LogP contribution in [0.15, 0.2) is 30.3 Å². The van der Waals surface area contributed by atoms with Crippen LogP contribution in [0.3, 0.4) is 0 Å². The zero-order chi connectivity index (χ0) is 14.1. The minimum absolute atomic E-state index is 0.180. The first kappa shape index (κ1) is 12.8. The Kier molecular flexibility index (Phi) is 3.24. The van der Waals surface area contributed by atoms with Crippen LogP contribution in [0.4, 0.5) is 0 Å². The van der Waals surface area contributed by atoms with Gasteiger partial charge in [-0.15, -0.1) is 0 Å². The number of benzene rings is 1. The summed E-state index contributed by atoms with van der Waals surface area (Å²) in [5.74, 6) is -0.907. The average Bonchev–Trinajstić information content (AvgIpc) is 2.80. The fraction of sp³-hybridized carbons (Fsp3) is 0.133. The van der Waals surface area contributed by atoms with E-state index >= 15 is 0 Å². The van der Waals surface area contributed by atoms with E-state index in [0.717, 1.165) is 28.2 Å². The van der Waals surface area contributed by atoms with Gasteiger partial charge in [-0.2, -0.15) is 0 Å². The monoisotopic (exact) mass is 288 g/mol. The number of aromatic nitrogens is 1. The summed E-state index contributed by atoms with van der Waals surface area (Å²) in [4.78, 5) is 14.1. The maximum Gasteiger partial charge on any atom is 0.335 e. The molecule has 102 valence electrons. The Morgan fingerprint density at radius 3 is 2.75 bits per heavy atom. The van der Waals surface area contributed by atoms with Crippen LogP contribution in [0.5, 0.6) is 0 Å². The van der Waals surface area contributed by atoms with Crippen LogP contribution in [-0.2, 0) is 6.42 Å². The number of rotatable bonds is 3. The summed E-state index contributed by atoms with van der Waals surface area (Å²) in [7, 11) is 0. The number of alkyl halides is 1. The van der Waals surface area contributed by atoms with Gasteiger partial charge in [0, 0.05) is 23.5 Å². The molecule has 3 rings (SSSR count). The standard InChI is InChI=1S/C15H13ClN2O2/c16-14-7-11-6-12(18-13(11)8-17-14)5-9-1-3-10(4-2-9)15(19)20/h1-4,6-8,14,17-18H,5H2,(H,19,20). The van der Waals surface area contributed by atoms with Gasteiger partial charge >= 0.3 is 5.97 Å². The van der Waals surface area contributed by atoms with Gasteiger partial charge in [0.25, 0.3) is 0 Å². The zero-order valence-corrected chi connectivity index (χ0v) is 11.3. The van der Waals surface area contributed by atoms with Crippen LogP contribution >= 0.6 is 11.6 Å². The van der Waals surface area contributed by atoms with Gasteiger partial charge in [0.15, 0.2) is 0 Å². The summed E-state index contributed by atoms with van der Waals surface area (Å²) < 4.78 is 0. The summed E-state index contributed by atoms with van der Waals surface area (Å²) in [6, 6.07) is 8.97. The molecule has 0 fully saturated rings. The summed E-state index contributed by atoms with van der Waals surface area (Å²) in [6.45, 7) is 0. The van der Waals surface area contributed by atoms with Crippen LogP contribution in [0.25, 0.3) is 12.3 Å². The Balaban J connectivity index is 1.85. The highest BCUT2D eigenvalue weighted by molar-refractivity contribution is 6.23. The van der Waals surface area contributed by atoms with Crippen molar-refractivity contribution < 1.29 is 9.90 Å². The van der Waals surface area contributed by atoms with E-state index in [1.54, 1.807) is 12.1 Å². The second-order valence-corrected chi connectivity index (χ2v) is 5.19. The fourth-order valence-electron chi connectivity index (χ4n) is 2.25. The Hall–Kier alpha value is -2.20. The van der Waals surface area contributed by atoms with Gasteiger partial charge in [-0.1, -0.05) is 23.7 Å². The molecule has 1 aliphatic heterocycles. The SMILES string of the molecule is O=C(O)c1ccc(Cc2cc3c([nH]2)=CNC(Cl)C=3)cc1. The van der Waals surface area contributed by atoms with Gasteiger partial charge in [-0.25, -0.2) is 4.79 Å². The van der Waals surface area contributed by atoms with E-state index in [4.69, 9.17) is 16.7 Å². The van der Waals surface area contributed by atoms with Crippen molar-refractivity contribution in [2.24, 2.45) is 0 Å². The van der Waals surface area contributed by atoms with Crippen molar-refractivity contribution in [3.63, 3.8) is 0 Å². The van der Waals surface area contributed by atoms with Crippen molar-refractivity contribution in [3.8, 4) is 0 Å². The largest absolute Gasteiger partial charge is 0.478 e. The number of carboxylic acids is 1. The van der Waals surface area contributed by atoms with E-state index in [1.165, 1.54) is 0 Å². The number of halogens is 1. The molecule has 1 atom stereocenters. The molecule has 0 radical (unpaired) electrons. The van der Waals surface area contributed by atoms with Crippen molar-refractivity contribution in [2.45, 2.75) is 11.9 Å². The molecule has 1 aromatic carbocycles. The van der Waals surface area contributed by atoms with E-state index < -0.39 is 5.97 Å². The van der Waals surface area contributed by atoms with Crippen LogP contribution in [0, 0.1) is 0 Å². The number of fused-ring (bicyclic) bond motifs is 1. The van der Waals surface area contributed by atoms with Gasteiger partial charge < -0.3 is 15.4 Å². The zero-order valence-electron chi connectivity index (χ0n) is 10.6. The van der Waals surface area contributed by atoms with E-state index in [2.05, 4.69) is 16.4 Å². The van der Waals surface area contributed by atoms with Crippen molar-refractivity contribution in [1.82, 2.24) is 10.3 Å². The smallest absolute Gasteiger partial charge is 0.335 e.